The van der Waals surface area contributed by atoms with Crippen molar-refractivity contribution in [1.29, 1.82) is 0 Å². The molecule has 0 spiro atoms. The zero-order valence-electron chi connectivity index (χ0n) is 11.7. The number of aliphatic carboxylic acids is 1. The molecule has 0 atom stereocenters. The van der Waals surface area contributed by atoms with E-state index < -0.39 is 5.97 Å². The molecule has 5 nitrogen and oxygen atoms in total. The third-order valence-electron chi connectivity index (χ3n) is 2.74. The highest BCUT2D eigenvalue weighted by molar-refractivity contribution is 5.94. The molecule has 5 heteroatoms. The van der Waals surface area contributed by atoms with Gasteiger partial charge in [0, 0.05) is 18.5 Å². The summed E-state index contributed by atoms with van der Waals surface area (Å²) < 4.78 is 5.51. The number of carboxylic acids is 1. The van der Waals surface area contributed by atoms with Gasteiger partial charge in [0.2, 0.25) is 0 Å². The van der Waals surface area contributed by atoms with Gasteiger partial charge < -0.3 is 15.2 Å². The molecule has 0 saturated heterocycles. The van der Waals surface area contributed by atoms with E-state index >= 15 is 0 Å². The van der Waals surface area contributed by atoms with Gasteiger partial charge in [0.15, 0.2) is 0 Å². The van der Waals surface area contributed by atoms with Crippen LogP contribution in [0.1, 0.15) is 43.0 Å². The van der Waals surface area contributed by atoms with Crippen LogP contribution < -0.4 is 10.1 Å². The smallest absolute Gasteiger partial charge is 0.303 e. The second-order valence-corrected chi connectivity index (χ2v) is 4.48. The van der Waals surface area contributed by atoms with Crippen LogP contribution in [-0.4, -0.2) is 30.1 Å². The highest BCUT2D eigenvalue weighted by atomic mass is 16.5. The molecule has 0 bridgehead atoms. The lowest BCUT2D eigenvalue weighted by molar-refractivity contribution is -0.137. The quantitative estimate of drug-likeness (QED) is 0.681. The molecule has 0 aliphatic carbocycles. The molecule has 1 rings (SSSR count). The number of nitrogens with one attached hydrogen (secondary N) is 1. The van der Waals surface area contributed by atoms with Gasteiger partial charge in [-0.3, -0.25) is 9.59 Å². The topological polar surface area (TPSA) is 75.6 Å². The normalized spacial score (nSPS) is 10.1. The van der Waals surface area contributed by atoms with Crippen LogP contribution in [0.25, 0.3) is 0 Å². The van der Waals surface area contributed by atoms with E-state index in [4.69, 9.17) is 9.84 Å². The maximum atomic E-state index is 11.8. The molecule has 0 unspecified atom stereocenters. The molecule has 1 aromatic carbocycles. The van der Waals surface area contributed by atoms with E-state index in [1.165, 1.54) is 0 Å². The lowest BCUT2D eigenvalue weighted by Crippen LogP contribution is -2.24. The van der Waals surface area contributed by atoms with Crippen molar-refractivity contribution in [3.05, 3.63) is 29.8 Å². The second-order valence-electron chi connectivity index (χ2n) is 4.48. The van der Waals surface area contributed by atoms with Crippen LogP contribution in [0.5, 0.6) is 5.75 Å². The summed E-state index contributed by atoms with van der Waals surface area (Å²) in [6.45, 7) is 3.14. The van der Waals surface area contributed by atoms with Gasteiger partial charge in [0.05, 0.1) is 6.61 Å². The molecule has 0 fully saturated rings. The highest BCUT2D eigenvalue weighted by Gasteiger charge is 2.05. The minimum absolute atomic E-state index is 0.0600. The number of unbranched alkanes of at least 4 members (excludes halogenated alkanes) is 1. The molecule has 0 radical (unpaired) electrons. The number of carboxylic acid groups (broad SMARTS) is 1. The third-order valence-corrected chi connectivity index (χ3v) is 2.74. The predicted octanol–water partition coefficient (Wildman–Crippen LogP) is 2.46. The Balaban J connectivity index is 2.35. The lowest BCUT2D eigenvalue weighted by atomic mass is 10.2. The number of amides is 1. The molecule has 110 valence electrons. The third kappa shape index (κ3) is 6.22. The number of rotatable bonds is 9. The summed E-state index contributed by atoms with van der Waals surface area (Å²) in [5.41, 5.74) is 0.545. The molecule has 1 amide bonds. The zero-order valence-corrected chi connectivity index (χ0v) is 11.7. The first kappa shape index (κ1) is 16.0. The van der Waals surface area contributed by atoms with E-state index in [-0.39, 0.29) is 12.3 Å². The lowest BCUT2D eigenvalue weighted by Gasteiger charge is -2.07. The Bertz CT molecular complexity index is 428. The van der Waals surface area contributed by atoms with Crippen molar-refractivity contribution in [3.8, 4) is 5.75 Å². The number of hydrogen-bond donors (Lipinski definition) is 2. The highest BCUT2D eigenvalue weighted by Crippen LogP contribution is 2.12. The fraction of sp³-hybridized carbons (Fsp3) is 0.467. The Labute approximate surface area is 118 Å². The van der Waals surface area contributed by atoms with E-state index in [0.717, 1.165) is 18.6 Å². The van der Waals surface area contributed by atoms with Gasteiger partial charge in [-0.25, -0.2) is 0 Å². The number of carbonyl (C=O) groups is 2. The molecule has 0 aliphatic heterocycles. The maximum absolute atomic E-state index is 11.8. The van der Waals surface area contributed by atoms with Crippen molar-refractivity contribution in [2.45, 2.75) is 32.6 Å². The first-order valence-electron chi connectivity index (χ1n) is 6.86. The van der Waals surface area contributed by atoms with E-state index in [1.54, 1.807) is 24.3 Å². The summed E-state index contributed by atoms with van der Waals surface area (Å²) in [4.78, 5) is 22.1. The molecular formula is C15H21NO4. The Morgan fingerprint density at radius 3 is 2.50 bits per heavy atom. The summed E-state index contributed by atoms with van der Waals surface area (Å²) in [6, 6.07) is 6.94. The first-order valence-corrected chi connectivity index (χ1v) is 6.86. The minimum Gasteiger partial charge on any atom is -0.494 e. The summed E-state index contributed by atoms with van der Waals surface area (Å²) in [5.74, 6) is -0.302. The monoisotopic (exact) mass is 279 g/mol. The zero-order chi connectivity index (χ0) is 14.8. The average molecular weight is 279 g/mol. The van der Waals surface area contributed by atoms with E-state index in [0.29, 0.717) is 25.1 Å². The maximum Gasteiger partial charge on any atom is 0.303 e. The van der Waals surface area contributed by atoms with Crippen LogP contribution in [0.3, 0.4) is 0 Å². The van der Waals surface area contributed by atoms with E-state index in [1.807, 2.05) is 0 Å². The van der Waals surface area contributed by atoms with Crippen LogP contribution in [-0.2, 0) is 4.79 Å². The van der Waals surface area contributed by atoms with Crippen molar-refractivity contribution < 1.29 is 19.4 Å². The Hall–Kier alpha value is -2.04. The van der Waals surface area contributed by atoms with Crippen molar-refractivity contribution >= 4 is 11.9 Å². The standard InChI is InChI=1S/C15H21NO4/c1-2-3-11-20-13-8-6-12(7-9-13)15(19)16-10-4-5-14(17)18/h6-9H,2-5,10-11H2,1H3,(H,16,19)(H,17,18). The molecule has 1 aromatic rings. The van der Waals surface area contributed by atoms with Crippen LogP contribution in [0.2, 0.25) is 0 Å². The number of carbonyl (C=O) groups excluding carboxylic acids is 1. The molecular weight excluding hydrogens is 258 g/mol. The van der Waals surface area contributed by atoms with Gasteiger partial charge in [-0.05, 0) is 37.1 Å². The summed E-state index contributed by atoms with van der Waals surface area (Å²) in [6.07, 6.45) is 2.58. The number of hydrogen-bond acceptors (Lipinski definition) is 3. The van der Waals surface area contributed by atoms with Crippen LogP contribution in [0.4, 0.5) is 0 Å². The first-order chi connectivity index (χ1) is 9.63. The Kier molecular flexibility index (Phi) is 7.17. The summed E-state index contributed by atoms with van der Waals surface area (Å²) >= 11 is 0. The van der Waals surface area contributed by atoms with E-state index in [2.05, 4.69) is 12.2 Å². The van der Waals surface area contributed by atoms with Gasteiger partial charge in [-0.1, -0.05) is 13.3 Å². The minimum atomic E-state index is -0.854. The van der Waals surface area contributed by atoms with Gasteiger partial charge in [0.25, 0.3) is 5.91 Å². The summed E-state index contributed by atoms with van der Waals surface area (Å²) in [7, 11) is 0. The molecule has 0 aromatic heterocycles. The van der Waals surface area contributed by atoms with Crippen LogP contribution >= 0.6 is 0 Å². The van der Waals surface area contributed by atoms with Crippen molar-refractivity contribution in [2.75, 3.05) is 13.2 Å². The fourth-order valence-corrected chi connectivity index (χ4v) is 1.58. The number of ether oxygens (including phenoxy) is 1. The predicted molar refractivity (Wildman–Crippen MR) is 76.0 cm³/mol. The van der Waals surface area contributed by atoms with Gasteiger partial charge in [-0.15, -0.1) is 0 Å². The molecule has 0 heterocycles. The van der Waals surface area contributed by atoms with Crippen LogP contribution in [0.15, 0.2) is 24.3 Å². The Morgan fingerprint density at radius 1 is 1.20 bits per heavy atom. The largest absolute Gasteiger partial charge is 0.494 e. The molecule has 2 N–H and O–H groups in total. The second kappa shape index (κ2) is 8.96. The molecule has 0 aliphatic rings. The van der Waals surface area contributed by atoms with Gasteiger partial charge in [-0.2, -0.15) is 0 Å². The SMILES string of the molecule is CCCCOc1ccc(C(=O)NCCCC(=O)O)cc1. The van der Waals surface area contributed by atoms with Gasteiger partial charge in [0.1, 0.15) is 5.75 Å². The average Bonchev–Trinajstić information content (AvgIpc) is 2.44. The van der Waals surface area contributed by atoms with Crippen LogP contribution in [0, 0.1) is 0 Å². The van der Waals surface area contributed by atoms with E-state index in [9.17, 15) is 9.59 Å². The molecule has 0 saturated carbocycles. The number of benzene rings is 1. The van der Waals surface area contributed by atoms with Crippen molar-refractivity contribution in [1.82, 2.24) is 5.32 Å². The molecule has 20 heavy (non-hydrogen) atoms. The summed E-state index contributed by atoms with van der Waals surface area (Å²) in [5, 5.41) is 11.2. The van der Waals surface area contributed by atoms with Crippen molar-refractivity contribution in [3.63, 3.8) is 0 Å². The fourth-order valence-electron chi connectivity index (χ4n) is 1.58. The van der Waals surface area contributed by atoms with Crippen molar-refractivity contribution in [2.24, 2.45) is 0 Å². The van der Waals surface area contributed by atoms with Gasteiger partial charge >= 0.3 is 5.97 Å². The Morgan fingerprint density at radius 2 is 1.90 bits per heavy atom.